The number of hydrogen-bond acceptors (Lipinski definition) is 7. The average molecular weight is 509 g/mol. The Hall–Kier alpha value is -2.60. The minimum Gasteiger partial charge on any atom is -0.394 e. The molecule has 2 N–H and O–H groups in total. The first-order chi connectivity index (χ1) is 16.9. The zero-order chi connectivity index (χ0) is 24.8. The number of amides is 1. The Labute approximate surface area is 206 Å². The van der Waals surface area contributed by atoms with Crippen LogP contribution in [0.4, 0.5) is 24.5 Å². The molecule has 2 aliphatic rings. The highest BCUT2D eigenvalue weighted by atomic mass is 32.2. The van der Waals surface area contributed by atoms with Crippen molar-refractivity contribution in [2.75, 3.05) is 57.4 Å². The molecule has 188 valence electrons. The molecule has 7 nitrogen and oxygen atoms in total. The highest BCUT2D eigenvalue weighted by molar-refractivity contribution is 7.99. The van der Waals surface area contributed by atoms with Crippen LogP contribution >= 0.6 is 11.8 Å². The molecule has 2 aliphatic heterocycles. The first kappa shape index (κ1) is 25.5. The first-order valence-corrected chi connectivity index (χ1v) is 12.1. The van der Waals surface area contributed by atoms with Crippen molar-refractivity contribution in [2.24, 2.45) is 4.99 Å². The topological polar surface area (TPSA) is 77.4 Å². The van der Waals surface area contributed by atoms with E-state index in [4.69, 9.17) is 9.84 Å². The molecule has 1 fully saturated rings. The molecule has 1 atom stereocenters. The lowest BCUT2D eigenvalue weighted by molar-refractivity contribution is -0.173. The van der Waals surface area contributed by atoms with E-state index < -0.39 is 12.1 Å². The SMILES string of the molecule is O=C(NCC1CN(c2cccc3c2C=Nc2ccccc2S3)CCN1CCOCCO)C(F)(F)F. The van der Waals surface area contributed by atoms with Gasteiger partial charge in [-0.1, -0.05) is 30.0 Å². The number of carbonyl (C=O) groups excluding carboxylic acids is 1. The number of hydrogen-bond donors (Lipinski definition) is 2. The molecule has 4 rings (SSSR count). The minimum atomic E-state index is -4.93. The van der Waals surface area contributed by atoms with Crippen molar-refractivity contribution in [1.29, 1.82) is 0 Å². The summed E-state index contributed by atoms with van der Waals surface area (Å²) in [6.07, 6.45) is -3.08. The summed E-state index contributed by atoms with van der Waals surface area (Å²) < 4.78 is 43.7. The van der Waals surface area contributed by atoms with Gasteiger partial charge in [-0.05, 0) is 24.3 Å². The summed E-state index contributed by atoms with van der Waals surface area (Å²) in [5.41, 5.74) is 2.81. The highest BCUT2D eigenvalue weighted by Gasteiger charge is 2.39. The van der Waals surface area contributed by atoms with Gasteiger partial charge in [0.15, 0.2) is 0 Å². The molecule has 2 aromatic carbocycles. The summed E-state index contributed by atoms with van der Waals surface area (Å²) >= 11 is 1.63. The van der Waals surface area contributed by atoms with E-state index in [2.05, 4.69) is 9.89 Å². The fraction of sp³-hybridized carbons (Fsp3) is 0.417. The van der Waals surface area contributed by atoms with Gasteiger partial charge in [0.25, 0.3) is 0 Å². The number of nitrogens with one attached hydrogen (secondary N) is 1. The van der Waals surface area contributed by atoms with E-state index in [1.807, 2.05) is 58.9 Å². The molecule has 1 saturated heterocycles. The number of ether oxygens (including phenoxy) is 1. The Bertz CT molecular complexity index is 1070. The number of halogens is 3. The Balaban J connectivity index is 1.53. The second-order valence-electron chi connectivity index (χ2n) is 8.20. The zero-order valence-electron chi connectivity index (χ0n) is 19.0. The van der Waals surface area contributed by atoms with E-state index in [9.17, 15) is 18.0 Å². The molecule has 11 heteroatoms. The van der Waals surface area contributed by atoms with Crippen LogP contribution in [0.25, 0.3) is 0 Å². The van der Waals surface area contributed by atoms with E-state index in [0.29, 0.717) is 32.8 Å². The number of para-hydroxylation sites is 1. The molecule has 0 spiro atoms. The van der Waals surface area contributed by atoms with E-state index >= 15 is 0 Å². The Morgan fingerprint density at radius 1 is 1.14 bits per heavy atom. The van der Waals surface area contributed by atoms with Gasteiger partial charge in [0.05, 0.1) is 25.5 Å². The standard InChI is InChI=1S/C24H27F3N4O3S/c25-24(26,27)23(33)29-14-17-16-31(9-8-30(17)10-12-34-13-11-32)20-5-3-7-21-18(20)15-28-19-4-1-2-6-22(19)35-21/h1-7,15,17,32H,8-14,16H2,(H,29,33). The number of anilines is 1. The third-order valence-electron chi connectivity index (χ3n) is 5.92. The number of nitrogens with zero attached hydrogens (tertiary/aromatic N) is 3. The van der Waals surface area contributed by atoms with E-state index in [1.54, 1.807) is 11.8 Å². The predicted molar refractivity (Wildman–Crippen MR) is 129 cm³/mol. The molecule has 35 heavy (non-hydrogen) atoms. The lowest BCUT2D eigenvalue weighted by atomic mass is 10.1. The molecule has 2 aromatic rings. The lowest BCUT2D eigenvalue weighted by Crippen LogP contribution is -2.58. The van der Waals surface area contributed by atoms with Gasteiger partial charge in [-0.25, -0.2) is 0 Å². The van der Waals surface area contributed by atoms with Crippen molar-refractivity contribution in [3.05, 3.63) is 48.0 Å². The molecule has 0 saturated carbocycles. The fourth-order valence-corrected chi connectivity index (χ4v) is 5.21. The van der Waals surface area contributed by atoms with Crippen LogP contribution in [0.1, 0.15) is 5.56 Å². The van der Waals surface area contributed by atoms with Gasteiger partial charge in [-0.3, -0.25) is 14.7 Å². The van der Waals surface area contributed by atoms with E-state index in [-0.39, 0.29) is 25.8 Å². The number of benzene rings is 2. The summed E-state index contributed by atoms with van der Waals surface area (Å²) in [7, 11) is 0. The highest BCUT2D eigenvalue weighted by Crippen LogP contribution is 2.41. The van der Waals surface area contributed by atoms with Gasteiger partial charge < -0.3 is 20.1 Å². The second-order valence-corrected chi connectivity index (χ2v) is 9.28. The van der Waals surface area contributed by atoms with Crippen molar-refractivity contribution in [2.45, 2.75) is 22.0 Å². The maximum absolute atomic E-state index is 12.8. The number of alkyl halides is 3. The second kappa shape index (κ2) is 11.4. The van der Waals surface area contributed by atoms with Crippen LogP contribution in [0, 0.1) is 0 Å². The summed E-state index contributed by atoms with van der Waals surface area (Å²) in [6.45, 7) is 2.46. The molecule has 0 aliphatic carbocycles. The molecular formula is C24H27F3N4O3S. The fourth-order valence-electron chi connectivity index (χ4n) is 4.19. The maximum Gasteiger partial charge on any atom is 0.471 e. The van der Waals surface area contributed by atoms with Crippen LogP contribution in [-0.4, -0.2) is 86.9 Å². The third-order valence-corrected chi connectivity index (χ3v) is 7.06. The first-order valence-electron chi connectivity index (χ1n) is 11.3. The molecule has 1 unspecified atom stereocenters. The Kier molecular flexibility index (Phi) is 8.32. The molecule has 0 aromatic heterocycles. The van der Waals surface area contributed by atoms with Crippen LogP contribution < -0.4 is 10.2 Å². The molecule has 0 bridgehead atoms. The number of piperazine rings is 1. The average Bonchev–Trinajstić information content (AvgIpc) is 3.04. The normalized spacial score (nSPS) is 18.1. The predicted octanol–water partition coefficient (Wildman–Crippen LogP) is 3.08. The van der Waals surface area contributed by atoms with Crippen molar-refractivity contribution >= 4 is 35.3 Å². The number of aliphatic hydroxyl groups excluding tert-OH is 1. The lowest BCUT2D eigenvalue weighted by Gasteiger charge is -2.43. The van der Waals surface area contributed by atoms with Crippen LogP contribution in [0.3, 0.4) is 0 Å². The number of aliphatic imine (C=N–C) groups is 1. The quantitative estimate of drug-likeness (QED) is 0.456. The Morgan fingerprint density at radius 2 is 1.94 bits per heavy atom. The van der Waals surface area contributed by atoms with E-state index in [0.717, 1.165) is 26.7 Å². The number of carbonyl (C=O) groups is 1. The van der Waals surface area contributed by atoms with Crippen LogP contribution in [0.2, 0.25) is 0 Å². The van der Waals surface area contributed by atoms with E-state index in [1.165, 1.54) is 0 Å². The Morgan fingerprint density at radius 3 is 2.74 bits per heavy atom. The summed E-state index contributed by atoms with van der Waals surface area (Å²) in [5, 5.41) is 10.9. The molecule has 0 radical (unpaired) electrons. The van der Waals surface area contributed by atoms with Gasteiger partial charge in [-0.15, -0.1) is 0 Å². The van der Waals surface area contributed by atoms with Gasteiger partial charge in [0.2, 0.25) is 0 Å². The van der Waals surface area contributed by atoms with Crippen LogP contribution in [0.5, 0.6) is 0 Å². The third kappa shape index (κ3) is 6.35. The summed E-state index contributed by atoms with van der Waals surface area (Å²) in [4.78, 5) is 22.4. The van der Waals surface area contributed by atoms with Crippen LogP contribution in [0.15, 0.2) is 57.2 Å². The van der Waals surface area contributed by atoms with Gasteiger partial charge in [-0.2, -0.15) is 13.2 Å². The van der Waals surface area contributed by atoms with Gasteiger partial charge >= 0.3 is 12.1 Å². The minimum absolute atomic E-state index is 0.0958. The van der Waals surface area contributed by atoms with Gasteiger partial charge in [0, 0.05) is 66.0 Å². The number of rotatable bonds is 8. The molecular weight excluding hydrogens is 481 g/mol. The van der Waals surface area contributed by atoms with Crippen molar-refractivity contribution in [1.82, 2.24) is 10.2 Å². The monoisotopic (exact) mass is 508 g/mol. The van der Waals surface area contributed by atoms with Crippen molar-refractivity contribution < 1.29 is 27.8 Å². The number of aliphatic hydroxyl groups is 1. The smallest absolute Gasteiger partial charge is 0.394 e. The maximum atomic E-state index is 12.8. The van der Waals surface area contributed by atoms with Crippen molar-refractivity contribution in [3.8, 4) is 0 Å². The van der Waals surface area contributed by atoms with Crippen LogP contribution in [-0.2, 0) is 9.53 Å². The molecule has 1 amide bonds. The largest absolute Gasteiger partial charge is 0.471 e. The zero-order valence-corrected chi connectivity index (χ0v) is 19.8. The van der Waals surface area contributed by atoms with Gasteiger partial charge in [0.1, 0.15) is 0 Å². The summed E-state index contributed by atoms with van der Waals surface area (Å²) in [5.74, 6) is -1.94. The summed E-state index contributed by atoms with van der Waals surface area (Å²) in [6, 6.07) is 13.5. The molecule has 2 heterocycles. The van der Waals surface area contributed by atoms with Crippen molar-refractivity contribution in [3.63, 3.8) is 0 Å². The number of fused-ring (bicyclic) bond motifs is 2.